The van der Waals surface area contributed by atoms with Crippen LogP contribution in [0, 0.1) is 17.8 Å². The third-order valence-corrected chi connectivity index (χ3v) is 10.3. The number of likely N-dealkylation sites (tertiary alicyclic amines) is 1. The number of aryl methyl sites for hydroxylation is 1. The Kier molecular flexibility index (Phi) is 10.2. The van der Waals surface area contributed by atoms with E-state index < -0.39 is 46.6 Å². The van der Waals surface area contributed by atoms with Crippen LogP contribution in [0.5, 0.6) is 0 Å². The molecule has 2 aliphatic rings. The Morgan fingerprint density at radius 1 is 1.06 bits per heavy atom. The number of nitrogens with zero attached hydrogens (tertiary/aromatic N) is 6. The van der Waals surface area contributed by atoms with E-state index in [1.165, 1.54) is 22.6 Å². The first-order chi connectivity index (χ1) is 25.4. The monoisotopic (exact) mass is 746 g/mol. The lowest BCUT2D eigenvalue weighted by molar-refractivity contribution is -0.141. The molecule has 0 saturated carbocycles. The molecule has 2 bridgehead atoms. The number of hydrogen-bond acceptors (Lipinski definition) is 9. The lowest BCUT2D eigenvalue weighted by Crippen LogP contribution is -2.50. The van der Waals surface area contributed by atoms with Gasteiger partial charge in [0.25, 0.3) is 0 Å². The van der Waals surface area contributed by atoms with Gasteiger partial charge in [0.15, 0.2) is 5.78 Å². The van der Waals surface area contributed by atoms with E-state index in [4.69, 9.17) is 4.74 Å². The highest BCUT2D eigenvalue weighted by Gasteiger charge is 2.52. The molecule has 1 aromatic carbocycles. The summed E-state index contributed by atoms with van der Waals surface area (Å²) in [4.78, 5) is 68.4. The van der Waals surface area contributed by atoms with Crippen molar-refractivity contribution < 1.29 is 37.1 Å². The normalized spacial score (nSPS) is 22.7. The van der Waals surface area contributed by atoms with E-state index >= 15 is 0 Å². The Morgan fingerprint density at radius 2 is 1.78 bits per heavy atom. The number of amides is 3. The molecule has 13 nitrogen and oxygen atoms in total. The zero-order valence-electron chi connectivity index (χ0n) is 30.7. The van der Waals surface area contributed by atoms with E-state index in [0.717, 1.165) is 17.2 Å². The fourth-order valence-electron chi connectivity index (χ4n) is 6.87. The highest BCUT2D eigenvalue weighted by atomic mass is 19.4. The van der Waals surface area contributed by atoms with Gasteiger partial charge in [-0.1, -0.05) is 31.2 Å². The third-order valence-electron chi connectivity index (χ3n) is 10.3. The highest BCUT2D eigenvalue weighted by Crippen LogP contribution is 2.42. The number of halogens is 3. The summed E-state index contributed by atoms with van der Waals surface area (Å²) in [6, 6.07) is 5.49. The molecule has 284 valence electrons. The number of alkyl halides is 3. The lowest BCUT2D eigenvalue weighted by Gasteiger charge is -2.34. The molecule has 54 heavy (non-hydrogen) atoms. The number of benzene rings is 1. The molecule has 1 saturated heterocycles. The van der Waals surface area contributed by atoms with Crippen LogP contribution in [-0.4, -0.2) is 78.4 Å². The minimum Gasteiger partial charge on any atom is -0.373 e. The molecule has 0 unspecified atom stereocenters. The number of aromatic nitrogens is 5. The van der Waals surface area contributed by atoms with Gasteiger partial charge < -0.3 is 20.3 Å². The Bertz CT molecular complexity index is 2160. The fourth-order valence-corrected chi connectivity index (χ4v) is 6.87. The maximum atomic E-state index is 14.4. The predicted octanol–water partition coefficient (Wildman–Crippen LogP) is 5.28. The van der Waals surface area contributed by atoms with Gasteiger partial charge in [-0.05, 0) is 57.9 Å². The molecule has 0 aliphatic carbocycles. The second kappa shape index (κ2) is 14.4. The van der Waals surface area contributed by atoms with Crippen LogP contribution in [0.1, 0.15) is 68.6 Å². The number of nitrogens with one attached hydrogen (secondary N) is 2. The smallest absolute Gasteiger partial charge is 0.373 e. The number of carbonyl (C=O) groups is 4. The summed E-state index contributed by atoms with van der Waals surface area (Å²) in [5, 5.41) is 10.5. The van der Waals surface area contributed by atoms with Crippen molar-refractivity contribution in [3.05, 3.63) is 77.7 Å². The summed E-state index contributed by atoms with van der Waals surface area (Å²) in [5.74, 6) is -1.64. The van der Waals surface area contributed by atoms with Crippen LogP contribution in [0.25, 0.3) is 22.0 Å². The van der Waals surface area contributed by atoms with Gasteiger partial charge in [-0.2, -0.15) is 18.3 Å². The van der Waals surface area contributed by atoms with Gasteiger partial charge in [0, 0.05) is 53.8 Å². The largest absolute Gasteiger partial charge is 0.433 e. The van der Waals surface area contributed by atoms with Gasteiger partial charge in [0.1, 0.15) is 35.6 Å². The molecule has 2 aliphatic heterocycles. The molecule has 3 atom stereocenters. The Balaban J connectivity index is 1.38. The number of pyridine rings is 1. The van der Waals surface area contributed by atoms with Crippen LogP contribution in [-0.2, 0) is 38.4 Å². The molecule has 1 fully saturated rings. The van der Waals surface area contributed by atoms with Crippen molar-refractivity contribution in [3.8, 4) is 11.1 Å². The van der Waals surface area contributed by atoms with Crippen molar-refractivity contribution in [1.82, 2.24) is 34.9 Å². The molecule has 6 rings (SSSR count). The summed E-state index contributed by atoms with van der Waals surface area (Å²) in [5.41, 5.74) is -0.721. The Morgan fingerprint density at radius 3 is 2.46 bits per heavy atom. The van der Waals surface area contributed by atoms with E-state index in [1.807, 2.05) is 6.92 Å². The number of ether oxygens (including phenoxy) is 1. The van der Waals surface area contributed by atoms with Crippen LogP contribution < -0.4 is 10.6 Å². The SMILES string of the molecule is CC(=O)c1nn(CC(=O)N2[C@H]3C[C@](C)(CNC(=O)C(C)(C)/C=C/COCc4ccc(C(F)(F)F)nc4NC3=O)[C@H]2C)c2ccc(-c3cnc(C)nc3)cc12. The summed E-state index contributed by atoms with van der Waals surface area (Å²) in [6.45, 7) is 9.77. The van der Waals surface area contributed by atoms with Crippen LogP contribution in [0.15, 0.2) is 54.9 Å². The third kappa shape index (κ3) is 7.60. The average Bonchev–Trinajstić information content (AvgIpc) is 3.60. The molecule has 5 heterocycles. The first-order valence-electron chi connectivity index (χ1n) is 17.4. The zero-order valence-corrected chi connectivity index (χ0v) is 30.7. The number of anilines is 1. The minimum absolute atomic E-state index is 0.0416. The summed E-state index contributed by atoms with van der Waals surface area (Å²) < 4.78 is 48.4. The molecule has 0 radical (unpaired) electrons. The molecule has 3 aromatic heterocycles. The van der Waals surface area contributed by atoms with Crippen LogP contribution in [0.4, 0.5) is 19.0 Å². The molecular formula is C38H41F3N8O5. The van der Waals surface area contributed by atoms with Gasteiger partial charge in [-0.3, -0.25) is 23.9 Å². The molecule has 0 spiro atoms. The van der Waals surface area contributed by atoms with Gasteiger partial charge in [-0.15, -0.1) is 0 Å². The zero-order chi connectivity index (χ0) is 39.2. The second-order valence-corrected chi connectivity index (χ2v) is 14.7. The standard InChI is InChI=1S/C38H41F3N8O5/c1-21(50)32-27-14-24(26-16-42-23(3)43-17-26)8-10-28(27)48(47-32)18-31(51)49-22(2)37(6)15-29(49)34(52)46-33-25(9-11-30(45-33)38(39,40)41)19-54-13-7-12-36(4,5)35(53)44-20-37/h7-12,14,16-17,22,29H,13,15,18-20H2,1-6H3,(H,44,53)(H,45,46,52)/b12-7+/t22-,29+,37-/m1/s1. The number of fused-ring (bicyclic) bond motifs is 4. The van der Waals surface area contributed by atoms with Crippen molar-refractivity contribution in [2.45, 2.75) is 79.4 Å². The number of hydrogen-bond donors (Lipinski definition) is 2. The fraction of sp³-hybridized carbons (Fsp3) is 0.421. The van der Waals surface area contributed by atoms with E-state index in [9.17, 15) is 32.3 Å². The van der Waals surface area contributed by atoms with E-state index in [-0.39, 0.29) is 61.5 Å². The van der Waals surface area contributed by atoms with Crippen molar-refractivity contribution in [2.24, 2.45) is 10.8 Å². The topological polar surface area (TPSA) is 161 Å². The molecule has 2 N–H and O–H groups in total. The van der Waals surface area contributed by atoms with Gasteiger partial charge in [0.05, 0.1) is 24.1 Å². The lowest BCUT2D eigenvalue weighted by atomic mass is 9.81. The van der Waals surface area contributed by atoms with Crippen molar-refractivity contribution in [3.63, 3.8) is 0 Å². The number of ketones is 1. The van der Waals surface area contributed by atoms with Crippen molar-refractivity contribution in [1.29, 1.82) is 0 Å². The summed E-state index contributed by atoms with van der Waals surface area (Å²) in [7, 11) is 0. The molecule has 3 amide bonds. The predicted molar refractivity (Wildman–Crippen MR) is 192 cm³/mol. The highest BCUT2D eigenvalue weighted by molar-refractivity contribution is 6.06. The second-order valence-electron chi connectivity index (χ2n) is 14.7. The molecule has 4 aromatic rings. The van der Waals surface area contributed by atoms with Gasteiger partial charge in [-0.25, -0.2) is 15.0 Å². The van der Waals surface area contributed by atoms with Crippen molar-refractivity contribution in [2.75, 3.05) is 18.5 Å². The first kappa shape index (κ1) is 38.2. The first-order valence-corrected chi connectivity index (χ1v) is 17.4. The Hall–Kier alpha value is -5.51. The van der Waals surface area contributed by atoms with Gasteiger partial charge in [0.2, 0.25) is 17.7 Å². The number of carbonyl (C=O) groups excluding carboxylic acids is 4. The maximum absolute atomic E-state index is 14.4. The quantitative estimate of drug-likeness (QED) is 0.209. The molecule has 16 heteroatoms. The molecular weight excluding hydrogens is 705 g/mol. The average molecular weight is 747 g/mol. The Labute approximate surface area is 309 Å². The van der Waals surface area contributed by atoms with Gasteiger partial charge >= 0.3 is 6.18 Å². The number of rotatable bonds is 4. The van der Waals surface area contributed by atoms with Crippen LogP contribution in [0.2, 0.25) is 0 Å². The summed E-state index contributed by atoms with van der Waals surface area (Å²) in [6.07, 6.45) is 1.94. The van der Waals surface area contributed by atoms with Crippen LogP contribution >= 0.6 is 0 Å². The van der Waals surface area contributed by atoms with Crippen molar-refractivity contribution >= 4 is 40.2 Å². The van der Waals surface area contributed by atoms with E-state index in [2.05, 4.69) is 30.7 Å². The van der Waals surface area contributed by atoms with E-state index in [0.29, 0.717) is 16.7 Å². The number of Topliss-reactive ketones (excluding diaryl/α,β-unsaturated/α-hetero) is 1. The van der Waals surface area contributed by atoms with Crippen LogP contribution in [0.3, 0.4) is 0 Å². The summed E-state index contributed by atoms with van der Waals surface area (Å²) >= 11 is 0. The maximum Gasteiger partial charge on any atom is 0.433 e. The minimum atomic E-state index is -4.79. The van der Waals surface area contributed by atoms with E-state index in [1.54, 1.807) is 70.4 Å².